The maximum absolute atomic E-state index is 12.4. The van der Waals surface area contributed by atoms with Crippen LogP contribution in [0, 0.1) is 0 Å². The minimum Gasteiger partial charge on any atom is -0.377 e. The molecule has 0 aliphatic rings. The van der Waals surface area contributed by atoms with E-state index in [9.17, 15) is 4.79 Å². The smallest absolute Gasteiger partial charge is 0.290 e. The molecule has 0 aliphatic carbocycles. The fourth-order valence-corrected chi connectivity index (χ4v) is 2.67. The van der Waals surface area contributed by atoms with Gasteiger partial charge in [-0.05, 0) is 11.6 Å². The van der Waals surface area contributed by atoms with E-state index in [-0.39, 0.29) is 12.5 Å². The van der Waals surface area contributed by atoms with Crippen LogP contribution in [0.25, 0.3) is 11.1 Å². The highest BCUT2D eigenvalue weighted by Crippen LogP contribution is 2.27. The molecule has 126 valence electrons. The molecule has 3 aromatic rings. The Morgan fingerprint density at radius 3 is 2.24 bits per heavy atom. The third-order valence-electron chi connectivity index (χ3n) is 4.00. The first-order valence-electron chi connectivity index (χ1n) is 8.24. The Labute approximate surface area is 148 Å². The summed E-state index contributed by atoms with van der Waals surface area (Å²) < 4.78 is 1.87. The van der Waals surface area contributed by atoms with Crippen molar-refractivity contribution in [1.29, 1.82) is 0 Å². The fourth-order valence-electron chi connectivity index (χ4n) is 2.67. The first kappa shape index (κ1) is 16.7. The molecule has 1 aromatic heterocycles. The molecule has 0 radical (unpaired) electrons. The van der Waals surface area contributed by atoms with E-state index >= 15 is 0 Å². The molecule has 0 bridgehead atoms. The zero-order valence-electron chi connectivity index (χ0n) is 14.5. The van der Waals surface area contributed by atoms with Crippen molar-refractivity contribution in [2.75, 3.05) is 24.3 Å². The summed E-state index contributed by atoms with van der Waals surface area (Å²) in [5.74, 6) is -0.0500. The van der Waals surface area contributed by atoms with Gasteiger partial charge in [0, 0.05) is 43.2 Å². The molecule has 4 nitrogen and oxygen atoms in total. The molecule has 0 spiro atoms. The zero-order valence-corrected chi connectivity index (χ0v) is 14.5. The lowest BCUT2D eigenvalue weighted by molar-refractivity contribution is -0.684. The van der Waals surface area contributed by atoms with Crippen molar-refractivity contribution in [3.05, 3.63) is 79.1 Å². The topological polar surface area (TPSA) is 36.2 Å². The average molecular weight is 332 g/mol. The van der Waals surface area contributed by atoms with Crippen LogP contribution < -0.4 is 14.8 Å². The standard InChI is InChI=1S/C21H21N3O/c1-23(2)18-12-14-24(15-13-18)16-21(25)22-20-11-7-6-10-19(20)17-8-4-3-5-9-17/h3-15H,16H2,1-2H3/p+1. The van der Waals surface area contributed by atoms with E-state index in [2.05, 4.69) is 5.32 Å². The number of benzene rings is 2. The van der Waals surface area contributed by atoms with Crippen LogP contribution in [-0.4, -0.2) is 20.0 Å². The molecule has 0 saturated carbocycles. The number of amides is 1. The van der Waals surface area contributed by atoms with E-state index in [1.807, 2.05) is 103 Å². The lowest BCUT2D eigenvalue weighted by atomic mass is 10.0. The number of aromatic nitrogens is 1. The Morgan fingerprint density at radius 1 is 0.920 bits per heavy atom. The Kier molecular flexibility index (Phi) is 5.09. The number of carbonyl (C=O) groups excluding carboxylic acids is 1. The highest BCUT2D eigenvalue weighted by Gasteiger charge is 2.12. The Hall–Kier alpha value is -3.14. The van der Waals surface area contributed by atoms with Crippen molar-refractivity contribution in [2.45, 2.75) is 6.54 Å². The van der Waals surface area contributed by atoms with Gasteiger partial charge in [0.25, 0.3) is 5.91 Å². The summed E-state index contributed by atoms with van der Waals surface area (Å²) >= 11 is 0. The SMILES string of the molecule is CN(C)c1cc[n+](CC(=O)Nc2ccccc2-c2ccccc2)cc1. The lowest BCUT2D eigenvalue weighted by Gasteiger charge is -2.11. The van der Waals surface area contributed by atoms with Gasteiger partial charge >= 0.3 is 0 Å². The van der Waals surface area contributed by atoms with Crippen LogP contribution in [0.4, 0.5) is 11.4 Å². The van der Waals surface area contributed by atoms with Crippen LogP contribution in [0.1, 0.15) is 0 Å². The molecule has 25 heavy (non-hydrogen) atoms. The molecule has 3 rings (SSSR count). The van der Waals surface area contributed by atoms with Crippen LogP contribution >= 0.6 is 0 Å². The Morgan fingerprint density at radius 2 is 1.56 bits per heavy atom. The van der Waals surface area contributed by atoms with Crippen molar-refractivity contribution >= 4 is 17.3 Å². The summed E-state index contributed by atoms with van der Waals surface area (Å²) in [5, 5.41) is 3.02. The van der Waals surface area contributed by atoms with Gasteiger partial charge in [-0.25, -0.2) is 0 Å². The number of nitrogens with zero attached hydrogens (tertiary/aromatic N) is 2. The molecule has 4 heteroatoms. The third kappa shape index (κ3) is 4.23. The normalized spacial score (nSPS) is 10.3. The Bertz CT molecular complexity index is 843. The van der Waals surface area contributed by atoms with Crippen molar-refractivity contribution in [3.63, 3.8) is 0 Å². The summed E-state index contributed by atoms with van der Waals surface area (Å²) in [6, 6.07) is 21.9. The molecule has 0 unspecified atom stereocenters. The molecule has 1 heterocycles. The second-order valence-electron chi connectivity index (χ2n) is 6.08. The number of nitrogens with one attached hydrogen (secondary N) is 1. The number of hydrogen-bond donors (Lipinski definition) is 1. The van der Waals surface area contributed by atoms with Gasteiger partial charge in [-0.1, -0.05) is 48.5 Å². The first-order valence-corrected chi connectivity index (χ1v) is 8.24. The highest BCUT2D eigenvalue weighted by atomic mass is 16.1. The number of anilines is 2. The molecule has 0 atom stereocenters. The van der Waals surface area contributed by atoms with Crippen molar-refractivity contribution in [2.24, 2.45) is 0 Å². The molecule has 1 amide bonds. The van der Waals surface area contributed by atoms with Crippen molar-refractivity contribution in [3.8, 4) is 11.1 Å². The van der Waals surface area contributed by atoms with E-state index in [1.54, 1.807) is 0 Å². The van der Waals surface area contributed by atoms with Crippen LogP contribution in [0.5, 0.6) is 0 Å². The third-order valence-corrected chi connectivity index (χ3v) is 4.00. The largest absolute Gasteiger partial charge is 0.377 e. The van der Waals surface area contributed by atoms with Crippen LogP contribution in [0.15, 0.2) is 79.1 Å². The minimum absolute atomic E-state index is 0.0500. The number of hydrogen-bond acceptors (Lipinski definition) is 2. The number of carbonyl (C=O) groups is 1. The second-order valence-corrected chi connectivity index (χ2v) is 6.08. The molecule has 0 saturated heterocycles. The van der Waals surface area contributed by atoms with E-state index < -0.39 is 0 Å². The van der Waals surface area contributed by atoms with Gasteiger partial charge in [0.1, 0.15) is 0 Å². The van der Waals surface area contributed by atoms with Crippen LogP contribution in [-0.2, 0) is 11.3 Å². The molecule has 0 fully saturated rings. The summed E-state index contributed by atoms with van der Waals surface area (Å²) in [7, 11) is 3.99. The monoisotopic (exact) mass is 332 g/mol. The maximum atomic E-state index is 12.4. The fraction of sp³-hybridized carbons (Fsp3) is 0.143. The summed E-state index contributed by atoms with van der Waals surface area (Å²) in [5.41, 5.74) is 4.03. The summed E-state index contributed by atoms with van der Waals surface area (Å²) in [6.07, 6.45) is 3.83. The summed E-state index contributed by atoms with van der Waals surface area (Å²) in [4.78, 5) is 14.5. The van der Waals surface area contributed by atoms with Gasteiger partial charge in [-0.3, -0.25) is 4.79 Å². The predicted molar refractivity (Wildman–Crippen MR) is 101 cm³/mol. The van der Waals surface area contributed by atoms with E-state index in [1.165, 1.54) is 0 Å². The van der Waals surface area contributed by atoms with E-state index in [0.717, 1.165) is 22.5 Å². The zero-order chi connectivity index (χ0) is 17.6. The number of para-hydroxylation sites is 1. The molecule has 2 aromatic carbocycles. The van der Waals surface area contributed by atoms with E-state index in [4.69, 9.17) is 0 Å². The van der Waals surface area contributed by atoms with Crippen LogP contribution in [0.3, 0.4) is 0 Å². The van der Waals surface area contributed by atoms with Crippen molar-refractivity contribution in [1.82, 2.24) is 0 Å². The van der Waals surface area contributed by atoms with Crippen LogP contribution in [0.2, 0.25) is 0 Å². The lowest BCUT2D eigenvalue weighted by Crippen LogP contribution is -2.39. The molecule has 1 N–H and O–H groups in total. The van der Waals surface area contributed by atoms with Gasteiger partial charge < -0.3 is 10.2 Å². The highest BCUT2D eigenvalue weighted by molar-refractivity contribution is 5.94. The second kappa shape index (κ2) is 7.62. The maximum Gasteiger partial charge on any atom is 0.290 e. The van der Waals surface area contributed by atoms with Gasteiger partial charge in [0.15, 0.2) is 12.4 Å². The van der Waals surface area contributed by atoms with Gasteiger partial charge in [-0.2, -0.15) is 4.57 Å². The quantitative estimate of drug-likeness (QED) is 0.728. The predicted octanol–water partition coefficient (Wildman–Crippen LogP) is 3.35. The molecular weight excluding hydrogens is 310 g/mol. The number of rotatable bonds is 5. The van der Waals surface area contributed by atoms with Gasteiger partial charge in [0.05, 0.1) is 0 Å². The summed E-state index contributed by atoms with van der Waals surface area (Å²) in [6.45, 7) is 0.275. The minimum atomic E-state index is -0.0500. The number of pyridine rings is 1. The molecular formula is C21H22N3O+. The van der Waals surface area contributed by atoms with E-state index in [0.29, 0.717) is 0 Å². The average Bonchev–Trinajstić information content (AvgIpc) is 2.63. The first-order chi connectivity index (χ1) is 12.1. The van der Waals surface area contributed by atoms with Gasteiger partial charge in [-0.15, -0.1) is 0 Å². The van der Waals surface area contributed by atoms with Gasteiger partial charge in [0.2, 0.25) is 6.54 Å². The molecule has 0 aliphatic heterocycles. The Balaban J connectivity index is 1.73. The van der Waals surface area contributed by atoms with Crippen molar-refractivity contribution < 1.29 is 9.36 Å².